The number of aromatic amines is 2. The van der Waals surface area contributed by atoms with Gasteiger partial charge in [-0.25, -0.2) is 19.6 Å². The Bertz CT molecular complexity index is 2760. The summed E-state index contributed by atoms with van der Waals surface area (Å²) in [6.45, 7) is 15.8. The SMILES string of the molecule is CC(C)C.COC(=O)N[C@@H](C(=O)N1C[C@@H](C)C[C@H]1c1nc2c(ccc3cc4c(cc32)OCc2cc(-c3cnc([C@@H]5C[C@H](C)CN5C(=O)[C@@H](NC(=O)O)C(C)C)[nH]3)ccc2-4)[nH]1)c1ccccc1. The molecule has 0 spiro atoms. The summed E-state index contributed by atoms with van der Waals surface area (Å²) in [6, 6.07) is 21.3. The first-order chi connectivity index (χ1) is 31.6. The van der Waals surface area contributed by atoms with Gasteiger partial charge in [0.15, 0.2) is 0 Å². The van der Waals surface area contributed by atoms with Crippen molar-refractivity contribution in [3.8, 4) is 28.1 Å². The molecule has 6 aromatic rings. The number of methoxy groups -OCH3 is 1. The van der Waals surface area contributed by atoms with Gasteiger partial charge in [0, 0.05) is 24.0 Å². The number of nitrogens with one attached hydrogen (secondary N) is 4. The minimum absolute atomic E-state index is 0.211. The van der Waals surface area contributed by atoms with Crippen LogP contribution < -0.4 is 15.4 Å². The molecular weight excluding hydrogens is 837 g/mol. The predicted molar refractivity (Wildman–Crippen MR) is 252 cm³/mol. The smallest absolute Gasteiger partial charge is 0.407 e. The summed E-state index contributed by atoms with van der Waals surface area (Å²) >= 11 is 0. The van der Waals surface area contributed by atoms with Crippen molar-refractivity contribution in [1.82, 2.24) is 40.4 Å². The van der Waals surface area contributed by atoms with E-state index in [1.165, 1.54) is 7.11 Å². The number of ether oxygens (including phenoxy) is 2. The largest absolute Gasteiger partial charge is 0.488 e. The van der Waals surface area contributed by atoms with Gasteiger partial charge in [0.1, 0.15) is 36.1 Å². The van der Waals surface area contributed by atoms with Gasteiger partial charge in [-0.05, 0) is 88.4 Å². The van der Waals surface area contributed by atoms with E-state index in [0.29, 0.717) is 49.8 Å². The Balaban J connectivity index is 0.00000142. The van der Waals surface area contributed by atoms with E-state index in [4.69, 9.17) is 19.4 Å². The summed E-state index contributed by atoms with van der Waals surface area (Å²) < 4.78 is 11.3. The Morgan fingerprint density at radius 3 is 2.17 bits per heavy atom. The van der Waals surface area contributed by atoms with Crippen molar-refractivity contribution in [2.75, 3.05) is 20.2 Å². The first-order valence-corrected chi connectivity index (χ1v) is 22.9. The van der Waals surface area contributed by atoms with Crippen LogP contribution in [0.2, 0.25) is 0 Å². The summed E-state index contributed by atoms with van der Waals surface area (Å²) in [4.78, 5) is 72.2. The zero-order chi connectivity index (χ0) is 47.0. The third-order valence-electron chi connectivity index (χ3n) is 12.5. The van der Waals surface area contributed by atoms with Gasteiger partial charge in [-0.15, -0.1) is 0 Å². The van der Waals surface area contributed by atoms with Crippen molar-refractivity contribution >= 4 is 45.8 Å². The topological polar surface area (TPSA) is 195 Å². The summed E-state index contributed by atoms with van der Waals surface area (Å²) in [7, 11) is 1.28. The highest BCUT2D eigenvalue weighted by molar-refractivity contribution is 6.07. The van der Waals surface area contributed by atoms with E-state index in [-0.39, 0.29) is 41.7 Å². The fourth-order valence-electron chi connectivity index (χ4n) is 9.48. The number of rotatable bonds is 9. The lowest BCUT2D eigenvalue weighted by Gasteiger charge is -2.29. The van der Waals surface area contributed by atoms with E-state index in [0.717, 1.165) is 61.4 Å². The fraction of sp³-hybridized carbons (Fsp3) is 0.412. The molecule has 346 valence electrons. The molecule has 2 saturated heterocycles. The molecule has 15 nitrogen and oxygen atoms in total. The minimum atomic E-state index is -1.22. The molecule has 9 rings (SSSR count). The highest BCUT2D eigenvalue weighted by Gasteiger charge is 2.41. The second kappa shape index (κ2) is 18.9. The van der Waals surface area contributed by atoms with E-state index in [1.54, 1.807) is 11.1 Å². The van der Waals surface area contributed by atoms with Gasteiger partial charge in [0.25, 0.3) is 5.91 Å². The molecular formula is C51H60N8O7. The molecule has 3 aliphatic rings. The number of fused-ring (bicyclic) bond motifs is 6. The number of amides is 4. The zero-order valence-corrected chi connectivity index (χ0v) is 38.8. The van der Waals surface area contributed by atoms with E-state index in [9.17, 15) is 24.3 Å². The number of carbonyl (C=O) groups is 4. The minimum Gasteiger partial charge on any atom is -0.488 e. The third-order valence-corrected chi connectivity index (χ3v) is 12.5. The van der Waals surface area contributed by atoms with Crippen LogP contribution in [-0.2, 0) is 20.9 Å². The molecule has 3 aliphatic heterocycles. The Morgan fingerprint density at radius 1 is 0.818 bits per heavy atom. The van der Waals surface area contributed by atoms with Gasteiger partial charge < -0.3 is 45.0 Å². The number of alkyl carbamates (subject to hydrolysis) is 1. The Morgan fingerprint density at radius 2 is 1.50 bits per heavy atom. The predicted octanol–water partition coefficient (Wildman–Crippen LogP) is 9.54. The van der Waals surface area contributed by atoms with Gasteiger partial charge in [-0.1, -0.05) is 97.0 Å². The lowest BCUT2D eigenvalue weighted by molar-refractivity contribution is -0.136. The van der Waals surface area contributed by atoms with Gasteiger partial charge in [-0.3, -0.25) is 9.59 Å². The molecule has 2 fully saturated rings. The van der Waals surface area contributed by atoms with Crippen molar-refractivity contribution in [2.45, 2.75) is 92.1 Å². The first kappa shape index (κ1) is 45.7. The maximum Gasteiger partial charge on any atom is 0.407 e. The van der Waals surface area contributed by atoms with Gasteiger partial charge in [0.05, 0.1) is 42.1 Å². The molecule has 2 aromatic heterocycles. The number of H-pyrrole nitrogens is 2. The highest BCUT2D eigenvalue weighted by atomic mass is 16.5. The lowest BCUT2D eigenvalue weighted by atomic mass is 9.92. The molecule has 0 unspecified atom stereocenters. The molecule has 15 heteroatoms. The molecule has 0 saturated carbocycles. The number of carbonyl (C=O) groups excluding carboxylic acids is 3. The zero-order valence-electron chi connectivity index (χ0n) is 38.8. The maximum atomic E-state index is 14.2. The monoisotopic (exact) mass is 896 g/mol. The Hall–Kier alpha value is -6.90. The number of carboxylic acid groups (broad SMARTS) is 1. The summed E-state index contributed by atoms with van der Waals surface area (Å²) in [5.41, 5.74) is 7.11. The highest BCUT2D eigenvalue weighted by Crippen LogP contribution is 2.44. The van der Waals surface area contributed by atoms with Crippen molar-refractivity contribution in [3.05, 3.63) is 102 Å². The molecule has 0 bridgehead atoms. The number of nitrogens with zero attached hydrogens (tertiary/aromatic N) is 4. The van der Waals surface area contributed by atoms with Crippen molar-refractivity contribution < 1.29 is 33.8 Å². The Labute approximate surface area is 384 Å². The van der Waals surface area contributed by atoms with Gasteiger partial charge >= 0.3 is 12.2 Å². The average molecular weight is 897 g/mol. The number of benzene rings is 4. The average Bonchev–Trinajstić information content (AvgIpc) is 4.12. The molecule has 5 N–H and O–H groups in total. The van der Waals surface area contributed by atoms with Crippen LogP contribution in [-0.4, -0.2) is 85.1 Å². The van der Waals surface area contributed by atoms with Crippen LogP contribution in [0.5, 0.6) is 5.75 Å². The van der Waals surface area contributed by atoms with Crippen molar-refractivity contribution in [2.24, 2.45) is 23.7 Å². The van der Waals surface area contributed by atoms with Crippen molar-refractivity contribution in [1.29, 1.82) is 0 Å². The second-order valence-corrected chi connectivity index (χ2v) is 19.1. The molecule has 66 heavy (non-hydrogen) atoms. The van der Waals surface area contributed by atoms with E-state index in [1.807, 2.05) is 61.2 Å². The Kier molecular flexibility index (Phi) is 13.1. The normalized spacial score (nSPS) is 19.7. The first-order valence-electron chi connectivity index (χ1n) is 22.9. The molecule has 0 radical (unpaired) electrons. The van der Waals surface area contributed by atoms with Crippen LogP contribution in [0.1, 0.15) is 102 Å². The van der Waals surface area contributed by atoms with Crippen LogP contribution >= 0.6 is 0 Å². The standard InChI is InChI=1S/C47H50N8O7.C4H10/c1-24(2)39(52-46(58)59)44(56)54-21-25(3)15-36(54)42-48-20-35(50-42)29-11-13-31-30(17-29)23-62-38-19-32-28(18-33(31)38)12-14-34-41(32)51-43(49-34)37-16-26(4)22-55(37)45(57)40(53-47(60)61-5)27-9-7-6-8-10-27;1-4(2)3/h6-14,17-20,24-26,36-37,39-40,52H,15-16,21-23H2,1-5H3,(H,48,50)(H,49,51)(H,53,60)(H,58,59);4H,1-3H3/t25-,26-,36-,37-,39-,40+;/m0./s1. The number of hydrogen-bond acceptors (Lipinski definition) is 8. The van der Waals surface area contributed by atoms with Crippen molar-refractivity contribution in [3.63, 3.8) is 0 Å². The second-order valence-electron chi connectivity index (χ2n) is 19.1. The molecule has 4 amide bonds. The number of aromatic nitrogens is 4. The summed E-state index contributed by atoms with van der Waals surface area (Å²) in [6.07, 6.45) is 1.31. The maximum absolute atomic E-state index is 14.2. The van der Waals surface area contributed by atoms with Crippen LogP contribution in [0.15, 0.2) is 79.0 Å². The van der Waals surface area contributed by atoms with Crippen LogP contribution in [0.25, 0.3) is 44.2 Å². The summed E-state index contributed by atoms with van der Waals surface area (Å²) in [5, 5.41) is 16.5. The molecule has 6 atom stereocenters. The number of likely N-dealkylation sites (tertiary alicyclic amines) is 2. The van der Waals surface area contributed by atoms with E-state index in [2.05, 4.69) is 85.6 Å². The van der Waals surface area contributed by atoms with E-state index < -0.39 is 24.3 Å². The molecule has 0 aliphatic carbocycles. The van der Waals surface area contributed by atoms with Crippen LogP contribution in [0.3, 0.4) is 0 Å². The number of imidazole rings is 2. The number of hydrogen-bond donors (Lipinski definition) is 5. The third kappa shape index (κ3) is 9.29. The lowest BCUT2D eigenvalue weighted by Crippen LogP contribution is -2.50. The molecule has 4 aromatic carbocycles. The van der Waals surface area contributed by atoms with Crippen LogP contribution in [0.4, 0.5) is 9.59 Å². The molecule has 5 heterocycles. The van der Waals surface area contributed by atoms with Gasteiger partial charge in [0.2, 0.25) is 5.91 Å². The quantitative estimate of drug-likeness (QED) is 0.0939. The fourth-order valence-corrected chi connectivity index (χ4v) is 9.48. The van der Waals surface area contributed by atoms with E-state index >= 15 is 0 Å². The van der Waals surface area contributed by atoms with Gasteiger partial charge in [-0.2, -0.15) is 0 Å². The summed E-state index contributed by atoms with van der Waals surface area (Å²) in [5.74, 6) is 2.70. The van der Waals surface area contributed by atoms with Crippen LogP contribution in [0, 0.1) is 23.7 Å².